The van der Waals surface area contributed by atoms with Crippen molar-refractivity contribution >= 4 is 23.1 Å². The molecule has 0 saturated carbocycles. The van der Waals surface area contributed by atoms with E-state index in [4.69, 9.17) is 4.84 Å². The van der Waals surface area contributed by atoms with Crippen LogP contribution in [0.4, 0.5) is 5.69 Å². The number of anilines is 1. The van der Waals surface area contributed by atoms with Crippen molar-refractivity contribution in [1.29, 1.82) is 0 Å². The van der Waals surface area contributed by atoms with Crippen LogP contribution < -0.4 is 5.32 Å². The van der Waals surface area contributed by atoms with Gasteiger partial charge in [-0.25, -0.2) is 0 Å². The second-order valence-electron chi connectivity index (χ2n) is 5.56. The molecule has 1 unspecified atom stereocenters. The Morgan fingerprint density at radius 3 is 2.82 bits per heavy atom. The number of rotatable bonds is 4. The summed E-state index contributed by atoms with van der Waals surface area (Å²) < 4.78 is 0. The van der Waals surface area contributed by atoms with Crippen molar-refractivity contribution in [3.63, 3.8) is 0 Å². The number of carbonyl (C=O) groups excluding carboxylic acids is 2. The molecule has 1 amide bonds. The van der Waals surface area contributed by atoms with Gasteiger partial charge in [0.25, 0.3) is 0 Å². The third-order valence-electron chi connectivity index (χ3n) is 3.82. The number of ketones is 1. The fourth-order valence-corrected chi connectivity index (χ4v) is 2.65. The zero-order valence-electron chi connectivity index (χ0n) is 12.2. The van der Waals surface area contributed by atoms with E-state index in [1.807, 2.05) is 36.4 Å². The molecule has 1 aliphatic carbocycles. The topological polar surface area (TPSA) is 67.8 Å². The maximum absolute atomic E-state index is 12.0. The van der Waals surface area contributed by atoms with E-state index in [0.717, 1.165) is 23.4 Å². The van der Waals surface area contributed by atoms with Crippen molar-refractivity contribution in [3.8, 4) is 0 Å². The molecule has 1 aliphatic heterocycles. The zero-order chi connectivity index (χ0) is 15.4. The number of benzene rings is 1. The first-order valence-electron chi connectivity index (χ1n) is 7.49. The van der Waals surface area contributed by atoms with Crippen LogP contribution in [0.15, 0.2) is 47.1 Å². The minimum absolute atomic E-state index is 0.0829. The third kappa shape index (κ3) is 3.61. The number of oxime groups is 1. The van der Waals surface area contributed by atoms with Crippen LogP contribution in [0.3, 0.4) is 0 Å². The quantitative estimate of drug-likeness (QED) is 0.929. The van der Waals surface area contributed by atoms with Gasteiger partial charge in [-0.15, -0.1) is 0 Å². The molecule has 2 aliphatic rings. The Morgan fingerprint density at radius 1 is 1.27 bits per heavy atom. The van der Waals surface area contributed by atoms with E-state index in [0.29, 0.717) is 19.3 Å². The van der Waals surface area contributed by atoms with Gasteiger partial charge in [-0.1, -0.05) is 29.4 Å². The van der Waals surface area contributed by atoms with Gasteiger partial charge >= 0.3 is 0 Å². The molecule has 22 heavy (non-hydrogen) atoms. The summed E-state index contributed by atoms with van der Waals surface area (Å²) in [6.45, 7) is 0. The molecule has 3 rings (SSSR count). The molecule has 0 bridgehead atoms. The highest BCUT2D eigenvalue weighted by molar-refractivity contribution is 6.03. The highest BCUT2D eigenvalue weighted by atomic mass is 16.6. The number of nitrogens with zero attached hydrogens (tertiary/aromatic N) is 1. The van der Waals surface area contributed by atoms with Crippen LogP contribution in [0, 0.1) is 0 Å². The van der Waals surface area contributed by atoms with Crippen LogP contribution in [-0.4, -0.2) is 23.5 Å². The van der Waals surface area contributed by atoms with Crippen molar-refractivity contribution in [2.75, 3.05) is 5.32 Å². The number of hydrogen-bond donors (Lipinski definition) is 1. The number of allylic oxidation sites excluding steroid dienone is 2. The Kier molecular flexibility index (Phi) is 4.32. The maximum Gasteiger partial charge on any atom is 0.228 e. The van der Waals surface area contributed by atoms with Crippen LogP contribution >= 0.6 is 0 Å². The average Bonchev–Trinajstić information content (AvgIpc) is 2.97. The van der Waals surface area contributed by atoms with Gasteiger partial charge < -0.3 is 10.2 Å². The number of nitrogens with one attached hydrogen (secondary N) is 1. The van der Waals surface area contributed by atoms with Crippen molar-refractivity contribution in [3.05, 3.63) is 42.0 Å². The maximum atomic E-state index is 12.0. The van der Waals surface area contributed by atoms with E-state index in [9.17, 15) is 9.59 Å². The highest BCUT2D eigenvalue weighted by Gasteiger charge is 2.27. The van der Waals surface area contributed by atoms with Crippen LogP contribution in [0.2, 0.25) is 0 Å². The molecular weight excluding hydrogens is 280 g/mol. The van der Waals surface area contributed by atoms with Crippen LogP contribution in [0.5, 0.6) is 0 Å². The fraction of sp³-hybridized carbons (Fsp3) is 0.353. The summed E-state index contributed by atoms with van der Waals surface area (Å²) in [7, 11) is 0. The molecule has 1 heterocycles. The number of amides is 1. The summed E-state index contributed by atoms with van der Waals surface area (Å²) in [5.74, 6) is 0.183. The predicted octanol–water partition coefficient (Wildman–Crippen LogP) is 2.84. The van der Waals surface area contributed by atoms with E-state index in [1.165, 1.54) is 0 Å². The molecule has 5 nitrogen and oxygen atoms in total. The molecule has 0 saturated heterocycles. The van der Waals surface area contributed by atoms with Gasteiger partial charge in [-0.05, 0) is 24.1 Å². The lowest BCUT2D eigenvalue weighted by Crippen LogP contribution is -2.20. The van der Waals surface area contributed by atoms with Gasteiger partial charge in [0.2, 0.25) is 5.91 Å². The van der Waals surface area contributed by atoms with E-state index in [2.05, 4.69) is 10.5 Å². The summed E-state index contributed by atoms with van der Waals surface area (Å²) in [5.41, 5.74) is 2.75. The lowest BCUT2D eigenvalue weighted by molar-refractivity contribution is -0.119. The van der Waals surface area contributed by atoms with E-state index in [1.54, 1.807) is 0 Å². The smallest absolute Gasteiger partial charge is 0.228 e. The summed E-state index contributed by atoms with van der Waals surface area (Å²) in [5, 5.41) is 6.92. The lowest BCUT2D eigenvalue weighted by Gasteiger charge is -2.11. The van der Waals surface area contributed by atoms with E-state index < -0.39 is 0 Å². The first kappa shape index (κ1) is 14.5. The second-order valence-corrected chi connectivity index (χ2v) is 5.56. The largest absolute Gasteiger partial charge is 0.391 e. The minimum atomic E-state index is -0.225. The standard InChI is InChI=1S/C17H18N2O3/c20-14-8-6-12(7-9-14)16-10-15(22-19-16)11-17(21)18-13-4-2-1-3-5-13/h1-6,15H,7-11H2,(H,18,21). The van der Waals surface area contributed by atoms with Gasteiger partial charge in [0.15, 0.2) is 0 Å². The molecule has 1 aromatic rings. The van der Waals surface area contributed by atoms with Gasteiger partial charge in [0, 0.05) is 24.9 Å². The van der Waals surface area contributed by atoms with Gasteiger partial charge in [-0.3, -0.25) is 9.59 Å². The molecule has 0 radical (unpaired) electrons. The minimum Gasteiger partial charge on any atom is -0.391 e. The lowest BCUT2D eigenvalue weighted by atomic mass is 9.92. The monoisotopic (exact) mass is 298 g/mol. The third-order valence-corrected chi connectivity index (χ3v) is 3.82. The Hall–Kier alpha value is -2.43. The highest BCUT2D eigenvalue weighted by Crippen LogP contribution is 2.24. The first-order chi connectivity index (χ1) is 10.7. The molecule has 5 heteroatoms. The number of para-hydroxylation sites is 1. The van der Waals surface area contributed by atoms with Crippen molar-refractivity contribution in [2.45, 2.75) is 38.2 Å². The van der Waals surface area contributed by atoms with Crippen molar-refractivity contribution < 1.29 is 14.4 Å². The van der Waals surface area contributed by atoms with Gasteiger partial charge in [0.05, 0.1) is 12.1 Å². The SMILES string of the molecule is O=C1CC=C(C2=NOC(CC(=O)Nc3ccccc3)C2)CC1. The number of hydrogen-bond acceptors (Lipinski definition) is 4. The van der Waals surface area contributed by atoms with Crippen LogP contribution in [0.1, 0.15) is 32.1 Å². The van der Waals surface area contributed by atoms with Crippen LogP contribution in [-0.2, 0) is 14.4 Å². The predicted molar refractivity (Wildman–Crippen MR) is 83.6 cm³/mol. The van der Waals surface area contributed by atoms with Crippen LogP contribution in [0.25, 0.3) is 0 Å². The van der Waals surface area contributed by atoms with E-state index in [-0.39, 0.29) is 24.2 Å². The Balaban J connectivity index is 1.50. The number of Topliss-reactive ketones (excluding diaryl/α,β-unsaturated/α-hetero) is 1. The molecule has 1 N–H and O–H groups in total. The fourth-order valence-electron chi connectivity index (χ4n) is 2.65. The van der Waals surface area contributed by atoms with Gasteiger partial charge in [0.1, 0.15) is 11.9 Å². The molecule has 0 fully saturated rings. The van der Waals surface area contributed by atoms with E-state index >= 15 is 0 Å². The molecule has 114 valence electrons. The summed E-state index contributed by atoms with van der Waals surface area (Å²) in [6.07, 6.45) is 4.38. The zero-order valence-corrected chi connectivity index (χ0v) is 12.2. The second kappa shape index (κ2) is 6.56. The average molecular weight is 298 g/mol. The molecule has 0 aromatic heterocycles. The molecule has 0 spiro atoms. The van der Waals surface area contributed by atoms with Crippen molar-refractivity contribution in [2.24, 2.45) is 5.16 Å². The Labute approximate surface area is 129 Å². The molecular formula is C17H18N2O3. The number of carbonyl (C=O) groups is 2. The summed E-state index contributed by atoms with van der Waals surface area (Å²) in [6, 6.07) is 9.34. The van der Waals surface area contributed by atoms with Gasteiger partial charge in [-0.2, -0.15) is 0 Å². The first-order valence-corrected chi connectivity index (χ1v) is 7.49. The van der Waals surface area contributed by atoms with Crippen molar-refractivity contribution in [1.82, 2.24) is 0 Å². The Morgan fingerprint density at radius 2 is 2.09 bits per heavy atom. The Bertz CT molecular complexity index is 635. The summed E-state index contributed by atoms with van der Waals surface area (Å²) in [4.78, 5) is 28.6. The molecule has 1 atom stereocenters. The molecule has 1 aromatic carbocycles. The summed E-state index contributed by atoms with van der Waals surface area (Å²) >= 11 is 0. The normalized spacial score (nSPS) is 20.9.